The average Bonchev–Trinajstić information content (AvgIpc) is 3.46. The number of hydrogen-bond donors (Lipinski definition) is 4. The summed E-state index contributed by atoms with van der Waals surface area (Å²) in [6.07, 6.45) is -1.67. The van der Waals surface area contributed by atoms with Crippen molar-refractivity contribution in [1.29, 1.82) is 0 Å². The van der Waals surface area contributed by atoms with Crippen LogP contribution in [0.15, 0.2) is 36.7 Å². The zero-order chi connectivity index (χ0) is 27.3. The van der Waals surface area contributed by atoms with Gasteiger partial charge in [-0.05, 0) is 31.0 Å². The molecule has 0 radical (unpaired) electrons. The molecule has 2 aliphatic rings. The maximum absolute atomic E-state index is 12.2. The lowest BCUT2D eigenvalue weighted by molar-refractivity contribution is -0.199. The minimum Gasteiger partial charge on any atom is -0.364 e. The summed E-state index contributed by atoms with van der Waals surface area (Å²) in [7, 11) is -9.39. The Morgan fingerprint density at radius 3 is 2.55 bits per heavy atom. The van der Waals surface area contributed by atoms with Crippen LogP contribution in [0, 0.1) is 0 Å². The molecule has 0 bridgehead atoms. The summed E-state index contributed by atoms with van der Waals surface area (Å²) < 4.78 is 48.1. The SMILES string of the molecule is CC1(C)OC2[C@@H](O1)[C@@H](COP(=O)(O)CP(=O)(O)O)O[C@H]2n1cnc2c(NCc3ccccc3)nc(Cl)nc21. The first kappa shape index (κ1) is 27.6. The summed E-state index contributed by atoms with van der Waals surface area (Å²) in [6.45, 7) is 3.42. The number of nitrogens with zero attached hydrogens (tertiary/aromatic N) is 4. The van der Waals surface area contributed by atoms with Crippen molar-refractivity contribution in [3.05, 3.63) is 47.5 Å². The molecule has 0 aliphatic carbocycles. The fourth-order valence-electron chi connectivity index (χ4n) is 4.46. The zero-order valence-electron chi connectivity index (χ0n) is 20.2. The molecule has 2 aromatic heterocycles. The molecule has 14 nitrogen and oxygen atoms in total. The molecule has 1 aromatic carbocycles. The first-order valence-corrected chi connectivity index (χ1v) is 15.4. The van der Waals surface area contributed by atoms with E-state index in [0.29, 0.717) is 23.5 Å². The highest BCUT2D eigenvalue weighted by atomic mass is 35.5. The molecule has 17 heteroatoms. The first-order valence-electron chi connectivity index (χ1n) is 11.5. The molecule has 5 rings (SSSR count). The molecule has 2 aliphatic heterocycles. The highest BCUT2D eigenvalue weighted by Gasteiger charge is 2.56. The van der Waals surface area contributed by atoms with Gasteiger partial charge in [0.1, 0.15) is 18.3 Å². The maximum atomic E-state index is 12.2. The average molecular weight is 590 g/mol. The van der Waals surface area contributed by atoms with Crippen LogP contribution in [0.5, 0.6) is 0 Å². The van der Waals surface area contributed by atoms with Gasteiger partial charge in [-0.2, -0.15) is 9.97 Å². The Morgan fingerprint density at radius 2 is 1.84 bits per heavy atom. The van der Waals surface area contributed by atoms with Gasteiger partial charge in [-0.15, -0.1) is 0 Å². The van der Waals surface area contributed by atoms with Crippen LogP contribution in [0.3, 0.4) is 0 Å². The van der Waals surface area contributed by atoms with Crippen LogP contribution in [0.2, 0.25) is 5.28 Å². The number of hydrogen-bond acceptors (Lipinski definition) is 10. The molecule has 0 saturated carbocycles. The Morgan fingerprint density at radius 1 is 1.13 bits per heavy atom. The molecule has 2 unspecified atom stereocenters. The molecular weight excluding hydrogens is 564 g/mol. The predicted octanol–water partition coefficient (Wildman–Crippen LogP) is 2.85. The van der Waals surface area contributed by atoms with Crippen LogP contribution in [0.25, 0.3) is 11.2 Å². The third-order valence-electron chi connectivity index (χ3n) is 5.90. The molecule has 206 valence electrons. The smallest absolute Gasteiger partial charge is 0.340 e. The van der Waals surface area contributed by atoms with Crippen LogP contribution in [-0.2, 0) is 34.4 Å². The highest BCUT2D eigenvalue weighted by molar-refractivity contribution is 7.70. The summed E-state index contributed by atoms with van der Waals surface area (Å²) in [5.74, 6) is -1.90. The molecular formula is C21H26ClN5O9P2. The number of rotatable bonds is 9. The van der Waals surface area contributed by atoms with Crippen molar-refractivity contribution >= 4 is 43.8 Å². The predicted molar refractivity (Wildman–Crippen MR) is 135 cm³/mol. The van der Waals surface area contributed by atoms with E-state index in [1.54, 1.807) is 18.4 Å². The van der Waals surface area contributed by atoms with Crippen molar-refractivity contribution < 1.29 is 42.5 Å². The van der Waals surface area contributed by atoms with Crippen molar-refractivity contribution in [3.63, 3.8) is 0 Å². The fraction of sp³-hybridized carbons (Fsp3) is 0.476. The number of fused-ring (bicyclic) bond motifs is 2. The standard InChI is InChI=1S/C21H26ClN5O9P2/c1-21(2)35-15-13(9-33-38(31,32)11-37(28,29)30)34-19(16(15)36-21)27-10-24-14-17(25-20(22)26-18(14)27)23-8-12-6-4-3-5-7-12/h3-7,10,13,15-16,19H,8-9,11H2,1-2H3,(H,31,32)(H,23,25,26)(H2,28,29,30)/t13-,15+,16?,19-/m1/s1. The van der Waals surface area contributed by atoms with Gasteiger partial charge in [0.2, 0.25) is 5.28 Å². The van der Waals surface area contributed by atoms with Gasteiger partial charge in [0.15, 0.2) is 34.9 Å². The van der Waals surface area contributed by atoms with E-state index in [1.165, 1.54) is 6.33 Å². The molecule has 4 heterocycles. The number of anilines is 1. The van der Waals surface area contributed by atoms with Gasteiger partial charge in [0, 0.05) is 6.54 Å². The number of nitrogens with one attached hydrogen (secondary N) is 1. The quantitative estimate of drug-likeness (QED) is 0.211. The Hall–Kier alpha value is -1.96. The highest BCUT2D eigenvalue weighted by Crippen LogP contribution is 2.56. The summed E-state index contributed by atoms with van der Waals surface area (Å²) in [4.78, 5) is 41.1. The lowest BCUT2D eigenvalue weighted by Gasteiger charge is -2.25. The summed E-state index contributed by atoms with van der Waals surface area (Å²) in [5, 5.41) is 3.20. The Balaban J connectivity index is 1.40. The number of halogens is 1. The molecule has 5 atom stereocenters. The molecule has 38 heavy (non-hydrogen) atoms. The summed E-state index contributed by atoms with van der Waals surface area (Å²) in [5.41, 5.74) is 1.82. The number of aromatic nitrogens is 4. The maximum Gasteiger partial charge on any atom is 0.340 e. The van der Waals surface area contributed by atoms with Crippen molar-refractivity contribution in [3.8, 4) is 0 Å². The van der Waals surface area contributed by atoms with E-state index < -0.39 is 58.0 Å². The summed E-state index contributed by atoms with van der Waals surface area (Å²) in [6, 6.07) is 9.70. The molecule has 2 fully saturated rings. The van der Waals surface area contributed by atoms with Crippen LogP contribution < -0.4 is 5.32 Å². The van der Waals surface area contributed by atoms with Gasteiger partial charge in [0.25, 0.3) is 0 Å². The van der Waals surface area contributed by atoms with E-state index in [-0.39, 0.29) is 5.28 Å². The van der Waals surface area contributed by atoms with Crippen molar-refractivity contribution in [2.75, 3.05) is 17.8 Å². The fourth-order valence-corrected chi connectivity index (χ4v) is 7.20. The summed E-state index contributed by atoms with van der Waals surface area (Å²) >= 11 is 6.24. The number of ether oxygens (including phenoxy) is 3. The molecule has 0 spiro atoms. The Bertz CT molecular complexity index is 1420. The molecule has 4 N–H and O–H groups in total. The van der Waals surface area contributed by atoms with Crippen LogP contribution in [-0.4, -0.2) is 70.8 Å². The number of benzene rings is 1. The second-order valence-electron chi connectivity index (χ2n) is 9.37. The van der Waals surface area contributed by atoms with Gasteiger partial charge >= 0.3 is 15.2 Å². The van der Waals surface area contributed by atoms with Gasteiger partial charge in [0.05, 0.1) is 12.9 Å². The molecule has 0 amide bonds. The van der Waals surface area contributed by atoms with Crippen LogP contribution in [0.4, 0.5) is 5.82 Å². The van der Waals surface area contributed by atoms with Crippen molar-refractivity contribution in [2.45, 2.75) is 50.7 Å². The van der Waals surface area contributed by atoms with E-state index in [0.717, 1.165) is 5.56 Å². The van der Waals surface area contributed by atoms with Gasteiger partial charge in [-0.25, -0.2) is 4.98 Å². The second kappa shape index (κ2) is 10.2. The minimum absolute atomic E-state index is 0.0215. The zero-order valence-corrected chi connectivity index (χ0v) is 22.8. The Kier molecular flexibility index (Phi) is 7.42. The molecule has 2 saturated heterocycles. The topological polar surface area (TPSA) is 187 Å². The largest absolute Gasteiger partial charge is 0.364 e. The lowest BCUT2D eigenvalue weighted by Crippen LogP contribution is -2.32. The van der Waals surface area contributed by atoms with Gasteiger partial charge in [-0.3, -0.25) is 13.7 Å². The molecule has 3 aromatic rings. The first-order chi connectivity index (χ1) is 17.8. The number of imidazole rings is 1. The van der Waals surface area contributed by atoms with Crippen LogP contribution in [0.1, 0.15) is 25.6 Å². The van der Waals surface area contributed by atoms with Crippen LogP contribution >= 0.6 is 26.8 Å². The second-order valence-corrected chi connectivity index (χ2v) is 13.7. The Labute approximate surface area is 222 Å². The third kappa shape index (κ3) is 6.10. The lowest BCUT2D eigenvalue weighted by atomic mass is 10.1. The van der Waals surface area contributed by atoms with E-state index in [9.17, 15) is 14.0 Å². The third-order valence-corrected chi connectivity index (χ3v) is 9.52. The van der Waals surface area contributed by atoms with E-state index in [1.807, 2.05) is 30.3 Å². The normalized spacial score (nSPS) is 26.4. The van der Waals surface area contributed by atoms with Gasteiger partial charge in [-0.1, -0.05) is 30.3 Å². The van der Waals surface area contributed by atoms with Crippen molar-refractivity contribution in [2.24, 2.45) is 0 Å². The minimum atomic E-state index is -4.79. The monoisotopic (exact) mass is 589 g/mol. The van der Waals surface area contributed by atoms with E-state index in [4.69, 9.17) is 40.1 Å². The van der Waals surface area contributed by atoms with E-state index >= 15 is 0 Å². The van der Waals surface area contributed by atoms with Gasteiger partial charge < -0.3 is 38.7 Å². The van der Waals surface area contributed by atoms with Crippen molar-refractivity contribution in [1.82, 2.24) is 19.5 Å². The van der Waals surface area contributed by atoms with E-state index in [2.05, 4.69) is 20.3 Å².